The molecule has 2 heterocycles. The number of fused-ring (bicyclic) bond motifs is 1. The molecule has 0 saturated heterocycles. The van der Waals surface area contributed by atoms with Gasteiger partial charge in [-0.05, 0) is 30.4 Å². The summed E-state index contributed by atoms with van der Waals surface area (Å²) in [4.78, 5) is 23.0. The number of nitrogens with one attached hydrogen (secondary N) is 1. The molecule has 1 aliphatic heterocycles. The van der Waals surface area contributed by atoms with Gasteiger partial charge in [0.05, 0.1) is 12.4 Å². The van der Waals surface area contributed by atoms with E-state index in [0.717, 1.165) is 18.8 Å². The Bertz CT molecular complexity index is 694. The van der Waals surface area contributed by atoms with Crippen molar-refractivity contribution in [3.8, 4) is 0 Å². The van der Waals surface area contributed by atoms with Gasteiger partial charge in [-0.15, -0.1) is 0 Å². The number of amides is 1. The molecule has 1 aromatic heterocycles. The van der Waals surface area contributed by atoms with Gasteiger partial charge < -0.3 is 10.2 Å². The van der Waals surface area contributed by atoms with E-state index in [1.807, 2.05) is 17.0 Å². The van der Waals surface area contributed by atoms with Crippen molar-refractivity contribution in [2.24, 2.45) is 0 Å². The molecule has 0 bridgehead atoms. The van der Waals surface area contributed by atoms with E-state index in [4.69, 9.17) is 0 Å². The van der Waals surface area contributed by atoms with Crippen molar-refractivity contribution in [2.75, 3.05) is 11.9 Å². The predicted molar refractivity (Wildman–Crippen MR) is 83.6 cm³/mol. The van der Waals surface area contributed by atoms with Gasteiger partial charge in [-0.25, -0.2) is 9.97 Å². The number of rotatable bonds is 3. The SMILES string of the molecule is O=C(c1cnc(NC2CC2)cn1)N1CCc2ccccc2C1. The molecule has 0 atom stereocenters. The maximum absolute atomic E-state index is 12.6. The number of carbonyl (C=O) groups excluding carboxylic acids is 1. The van der Waals surface area contributed by atoms with Gasteiger partial charge >= 0.3 is 0 Å². The third kappa shape index (κ3) is 2.66. The third-order valence-corrected chi connectivity index (χ3v) is 4.22. The highest BCUT2D eigenvalue weighted by atomic mass is 16.2. The van der Waals surface area contributed by atoms with Crippen LogP contribution in [0.15, 0.2) is 36.7 Å². The van der Waals surface area contributed by atoms with Crippen LogP contribution in [0.1, 0.15) is 34.5 Å². The summed E-state index contributed by atoms with van der Waals surface area (Å²) in [5, 5.41) is 3.28. The fourth-order valence-corrected chi connectivity index (χ4v) is 2.78. The topological polar surface area (TPSA) is 58.1 Å². The summed E-state index contributed by atoms with van der Waals surface area (Å²) >= 11 is 0. The van der Waals surface area contributed by atoms with Crippen molar-refractivity contribution in [1.82, 2.24) is 14.9 Å². The Hall–Kier alpha value is -2.43. The zero-order valence-electron chi connectivity index (χ0n) is 12.3. The van der Waals surface area contributed by atoms with Crippen molar-refractivity contribution < 1.29 is 4.79 Å². The molecule has 0 unspecified atom stereocenters. The quantitative estimate of drug-likeness (QED) is 0.943. The van der Waals surface area contributed by atoms with Crippen molar-refractivity contribution >= 4 is 11.7 Å². The molecule has 2 aliphatic rings. The van der Waals surface area contributed by atoms with Crippen LogP contribution in [-0.2, 0) is 13.0 Å². The maximum Gasteiger partial charge on any atom is 0.274 e. The third-order valence-electron chi connectivity index (χ3n) is 4.22. The van der Waals surface area contributed by atoms with E-state index in [0.29, 0.717) is 18.3 Å². The summed E-state index contributed by atoms with van der Waals surface area (Å²) in [6, 6.07) is 8.82. The average molecular weight is 294 g/mol. The Morgan fingerprint density at radius 1 is 1.14 bits per heavy atom. The van der Waals surface area contributed by atoms with Crippen LogP contribution in [0.3, 0.4) is 0 Å². The van der Waals surface area contributed by atoms with Gasteiger partial charge in [0.25, 0.3) is 5.91 Å². The van der Waals surface area contributed by atoms with E-state index in [-0.39, 0.29) is 5.91 Å². The highest BCUT2D eigenvalue weighted by Crippen LogP contribution is 2.23. The second-order valence-electron chi connectivity index (χ2n) is 5.95. The Morgan fingerprint density at radius 2 is 1.95 bits per heavy atom. The zero-order chi connectivity index (χ0) is 14.9. The molecule has 1 aromatic carbocycles. The van der Waals surface area contributed by atoms with Gasteiger partial charge in [0.2, 0.25) is 0 Å². The second-order valence-corrected chi connectivity index (χ2v) is 5.95. The Balaban J connectivity index is 1.47. The molecule has 0 spiro atoms. The number of nitrogens with zero attached hydrogens (tertiary/aromatic N) is 3. The molecular weight excluding hydrogens is 276 g/mol. The Morgan fingerprint density at radius 3 is 2.68 bits per heavy atom. The first-order chi connectivity index (χ1) is 10.8. The average Bonchev–Trinajstić information content (AvgIpc) is 3.38. The van der Waals surface area contributed by atoms with E-state index >= 15 is 0 Å². The molecule has 0 radical (unpaired) electrons. The van der Waals surface area contributed by atoms with Crippen LogP contribution in [0.2, 0.25) is 0 Å². The molecule has 5 nitrogen and oxygen atoms in total. The monoisotopic (exact) mass is 294 g/mol. The lowest BCUT2D eigenvalue weighted by Gasteiger charge is -2.28. The van der Waals surface area contributed by atoms with Crippen LogP contribution in [0.5, 0.6) is 0 Å². The van der Waals surface area contributed by atoms with Gasteiger partial charge in [-0.3, -0.25) is 4.79 Å². The summed E-state index contributed by atoms with van der Waals surface area (Å²) in [5.74, 6) is 0.711. The molecular formula is C17H18N4O. The molecule has 1 N–H and O–H groups in total. The fraction of sp³-hybridized carbons (Fsp3) is 0.353. The molecule has 1 aliphatic carbocycles. The van der Waals surface area contributed by atoms with Crippen molar-refractivity contribution in [3.63, 3.8) is 0 Å². The van der Waals surface area contributed by atoms with Gasteiger partial charge in [-0.2, -0.15) is 0 Å². The summed E-state index contributed by atoms with van der Waals surface area (Å²) in [5.41, 5.74) is 2.98. The molecule has 1 fully saturated rings. The van der Waals surface area contributed by atoms with Gasteiger partial charge in [0, 0.05) is 19.1 Å². The van der Waals surface area contributed by atoms with E-state index in [2.05, 4.69) is 27.4 Å². The van der Waals surface area contributed by atoms with Crippen molar-refractivity contribution in [3.05, 3.63) is 53.5 Å². The van der Waals surface area contributed by atoms with Crippen LogP contribution in [0, 0.1) is 0 Å². The number of benzene rings is 1. The lowest BCUT2D eigenvalue weighted by Crippen LogP contribution is -2.36. The molecule has 1 saturated carbocycles. The first-order valence-corrected chi connectivity index (χ1v) is 7.74. The van der Waals surface area contributed by atoms with Gasteiger partial charge in [-0.1, -0.05) is 24.3 Å². The molecule has 2 aromatic rings. The summed E-state index contributed by atoms with van der Waals surface area (Å²) in [7, 11) is 0. The Labute approximate surface area is 129 Å². The minimum atomic E-state index is -0.0417. The number of anilines is 1. The zero-order valence-corrected chi connectivity index (χ0v) is 12.3. The first-order valence-electron chi connectivity index (χ1n) is 7.74. The summed E-state index contributed by atoms with van der Waals surface area (Å²) < 4.78 is 0. The van der Waals surface area contributed by atoms with Gasteiger partial charge in [0.1, 0.15) is 11.5 Å². The highest BCUT2D eigenvalue weighted by molar-refractivity contribution is 5.92. The predicted octanol–water partition coefficient (Wildman–Crippen LogP) is 2.25. The first kappa shape index (κ1) is 13.2. The van der Waals surface area contributed by atoms with Crippen LogP contribution in [-0.4, -0.2) is 33.4 Å². The molecule has 112 valence electrons. The minimum absolute atomic E-state index is 0.0417. The Kier molecular flexibility index (Phi) is 3.25. The van der Waals surface area contributed by atoms with Crippen molar-refractivity contribution in [2.45, 2.75) is 31.8 Å². The largest absolute Gasteiger partial charge is 0.366 e. The van der Waals surface area contributed by atoms with E-state index < -0.39 is 0 Å². The summed E-state index contributed by atoms with van der Waals surface area (Å²) in [6.07, 6.45) is 6.51. The van der Waals surface area contributed by atoms with Crippen molar-refractivity contribution in [1.29, 1.82) is 0 Å². The summed E-state index contributed by atoms with van der Waals surface area (Å²) in [6.45, 7) is 1.39. The maximum atomic E-state index is 12.6. The number of hydrogen-bond acceptors (Lipinski definition) is 4. The van der Waals surface area contributed by atoms with E-state index in [1.165, 1.54) is 24.0 Å². The highest BCUT2D eigenvalue weighted by Gasteiger charge is 2.24. The minimum Gasteiger partial charge on any atom is -0.366 e. The van der Waals surface area contributed by atoms with Crippen LogP contribution < -0.4 is 5.32 Å². The molecule has 22 heavy (non-hydrogen) atoms. The lowest BCUT2D eigenvalue weighted by atomic mass is 10.00. The number of aromatic nitrogens is 2. The van der Waals surface area contributed by atoms with E-state index in [9.17, 15) is 4.79 Å². The number of hydrogen-bond donors (Lipinski definition) is 1. The molecule has 1 amide bonds. The van der Waals surface area contributed by atoms with Crippen LogP contribution in [0.4, 0.5) is 5.82 Å². The van der Waals surface area contributed by atoms with E-state index in [1.54, 1.807) is 12.4 Å². The molecule has 5 heteroatoms. The fourth-order valence-electron chi connectivity index (χ4n) is 2.78. The molecule has 4 rings (SSSR count). The number of carbonyl (C=O) groups is 1. The second kappa shape index (κ2) is 5.40. The smallest absolute Gasteiger partial charge is 0.274 e. The van der Waals surface area contributed by atoms with Gasteiger partial charge in [0.15, 0.2) is 0 Å². The normalized spacial score (nSPS) is 17.0. The van der Waals surface area contributed by atoms with Crippen LogP contribution >= 0.6 is 0 Å². The lowest BCUT2D eigenvalue weighted by molar-refractivity contribution is 0.0728. The standard InChI is InChI=1S/C17H18N4O/c22-17(15-9-19-16(10-18-15)20-14-5-6-14)21-8-7-12-3-1-2-4-13(12)11-21/h1-4,9-10,14H,5-8,11H2,(H,19,20). The van der Waals surface area contributed by atoms with Crippen LogP contribution in [0.25, 0.3) is 0 Å².